The number of methoxy groups -OCH3 is 1. The lowest BCUT2D eigenvalue weighted by atomic mass is 10.1. The van der Waals surface area contributed by atoms with Crippen molar-refractivity contribution in [3.8, 4) is 23.0 Å². The highest BCUT2D eigenvalue weighted by atomic mass is 32.2. The smallest absolute Gasteiger partial charge is 0.295 e. The largest absolute Gasteiger partial charge is 0.506 e. The van der Waals surface area contributed by atoms with Crippen molar-refractivity contribution in [2.45, 2.75) is 14.7 Å². The summed E-state index contributed by atoms with van der Waals surface area (Å²) >= 11 is 1.04. The number of phenolic OH excluding ortho intramolecular Hbond substituents is 2. The van der Waals surface area contributed by atoms with E-state index in [2.05, 4.69) is 44.5 Å². The van der Waals surface area contributed by atoms with Gasteiger partial charge < -0.3 is 30.7 Å². The Morgan fingerprint density at radius 2 is 1.52 bits per heavy atom. The molecule has 0 heterocycles. The van der Waals surface area contributed by atoms with Crippen LogP contribution >= 0.6 is 24.1 Å². The van der Waals surface area contributed by atoms with Gasteiger partial charge in [-0.15, -0.1) is 24.0 Å². The molecule has 0 amide bonds. The number of hydrogen-bond acceptors (Lipinski definition) is 20. The van der Waals surface area contributed by atoms with Gasteiger partial charge in [0.05, 0.1) is 41.8 Å². The van der Waals surface area contributed by atoms with Crippen LogP contribution in [0.5, 0.6) is 23.0 Å². The zero-order chi connectivity index (χ0) is 39.8. The first-order chi connectivity index (χ1) is 27.0. The highest BCUT2D eigenvalue weighted by Crippen LogP contribution is 2.46. The number of aromatic hydroxyl groups is 2. The predicted molar refractivity (Wildman–Crippen MR) is 204 cm³/mol. The maximum atomic E-state index is 12.2. The number of nitrogens with two attached hydrogens (primary N) is 1. The second-order valence-electron chi connectivity index (χ2n) is 11.2. The van der Waals surface area contributed by atoms with E-state index in [4.69, 9.17) is 25.7 Å². The molecule has 6 rings (SSSR count). The summed E-state index contributed by atoms with van der Waals surface area (Å²) in [4.78, 5) is -0.0897. The van der Waals surface area contributed by atoms with E-state index in [0.29, 0.717) is 57.4 Å². The van der Waals surface area contributed by atoms with Gasteiger partial charge in [0, 0.05) is 39.2 Å². The molecule has 0 aliphatic heterocycles. The summed E-state index contributed by atoms with van der Waals surface area (Å²) in [6.07, 6.45) is 0. The SMILES string of the molecule is COc1cc(N=Nc2c(SOOO)cc3cc(NCOc4ccc(N)cc4)ccc3c2O)c(O)cc1N=Nc1ccc2cc(SOOO)cc(S(=O)(=O)O)c2c1. The number of nitrogens with one attached hydrogen (secondary N) is 1. The first-order valence-corrected chi connectivity index (χ1v) is 18.5. The Labute approximate surface area is 324 Å². The van der Waals surface area contributed by atoms with E-state index in [0.717, 1.165) is 6.07 Å². The van der Waals surface area contributed by atoms with Crippen molar-refractivity contribution in [1.82, 2.24) is 0 Å². The minimum absolute atomic E-state index is 0.0496. The summed E-state index contributed by atoms with van der Waals surface area (Å²) in [5.74, 6) is 0.00645. The number of hydrogen-bond donors (Lipinski definition) is 7. The average molecular weight is 825 g/mol. The normalized spacial score (nSPS) is 11.9. The van der Waals surface area contributed by atoms with E-state index in [1.807, 2.05) is 0 Å². The standard InChI is InChI=1S/C34H28N6O13S3/c1-48-30-16-27(29(41)15-28(30)39-37-22-5-2-18-11-24(54-52-50-43)14-32(26(18)13-22)56(45,46)47)38-40-33-31(55-53-51-44)12-19-10-21(6-9-25(19)34(33)42)36-17-49-23-7-3-20(35)4-8-23/h2-16,36,41-44H,17,35H2,1H3,(H,45,46,47). The van der Waals surface area contributed by atoms with Crippen LogP contribution in [0, 0.1) is 0 Å². The third-order valence-corrected chi connectivity index (χ3v) is 9.79. The zero-order valence-corrected chi connectivity index (χ0v) is 30.9. The summed E-state index contributed by atoms with van der Waals surface area (Å²) in [7, 11) is -3.37. The van der Waals surface area contributed by atoms with Gasteiger partial charge in [-0.3, -0.25) is 4.55 Å². The number of nitrogen functional groups attached to an aromatic ring is 1. The molecule has 0 bridgehead atoms. The van der Waals surface area contributed by atoms with Crippen LogP contribution in [0.1, 0.15) is 0 Å². The van der Waals surface area contributed by atoms with Gasteiger partial charge in [0.25, 0.3) is 10.1 Å². The van der Waals surface area contributed by atoms with Gasteiger partial charge >= 0.3 is 0 Å². The maximum Gasteiger partial charge on any atom is 0.295 e. The van der Waals surface area contributed by atoms with Crippen LogP contribution in [-0.2, 0) is 28.9 Å². The minimum atomic E-state index is -4.71. The molecule has 19 nitrogen and oxygen atoms in total. The minimum Gasteiger partial charge on any atom is -0.506 e. The van der Waals surface area contributed by atoms with Gasteiger partial charge in [0.15, 0.2) is 12.5 Å². The topological polar surface area (TPSA) is 278 Å². The van der Waals surface area contributed by atoms with Crippen LogP contribution in [0.3, 0.4) is 0 Å². The molecular formula is C34H28N6O13S3. The lowest BCUT2D eigenvalue weighted by Crippen LogP contribution is -2.08. The fourth-order valence-electron chi connectivity index (χ4n) is 5.19. The number of azo groups is 2. The van der Waals surface area contributed by atoms with Gasteiger partial charge in [-0.25, -0.2) is 10.5 Å². The molecule has 0 aliphatic rings. The number of fused-ring (bicyclic) bond motifs is 2. The van der Waals surface area contributed by atoms with Crippen LogP contribution in [-0.4, -0.2) is 47.5 Å². The summed E-state index contributed by atoms with van der Waals surface area (Å²) < 4.78 is 54.3. The van der Waals surface area contributed by atoms with Crippen LogP contribution < -0.4 is 20.5 Å². The quantitative estimate of drug-likeness (QED) is 0.00910. The maximum absolute atomic E-state index is 12.2. The molecule has 56 heavy (non-hydrogen) atoms. The molecule has 0 unspecified atom stereocenters. The fraction of sp³-hybridized carbons (Fsp3) is 0.0588. The van der Waals surface area contributed by atoms with E-state index in [1.54, 1.807) is 48.5 Å². The predicted octanol–water partition coefficient (Wildman–Crippen LogP) is 9.38. The molecule has 8 N–H and O–H groups in total. The van der Waals surface area contributed by atoms with Gasteiger partial charge in [0.2, 0.25) is 0 Å². The number of ether oxygens (including phenoxy) is 2. The summed E-state index contributed by atoms with van der Waals surface area (Å²) in [6.45, 7) is 0.131. The van der Waals surface area contributed by atoms with E-state index in [9.17, 15) is 23.2 Å². The zero-order valence-electron chi connectivity index (χ0n) is 28.5. The molecule has 6 aromatic rings. The van der Waals surface area contributed by atoms with E-state index in [-0.39, 0.29) is 56.2 Å². The molecule has 0 radical (unpaired) electrons. The Hall–Kier alpha value is -5.79. The van der Waals surface area contributed by atoms with Crippen molar-refractivity contribution in [2.75, 3.05) is 24.9 Å². The molecule has 0 saturated carbocycles. The monoisotopic (exact) mass is 824 g/mol. The fourth-order valence-corrected chi connectivity index (χ4v) is 6.94. The van der Waals surface area contributed by atoms with Gasteiger partial charge in [-0.05, 0) is 83.6 Å². The Bertz CT molecular complexity index is 2560. The Morgan fingerprint density at radius 1 is 0.768 bits per heavy atom. The highest BCUT2D eigenvalue weighted by Gasteiger charge is 2.19. The average Bonchev–Trinajstić information content (AvgIpc) is 3.18. The van der Waals surface area contributed by atoms with Crippen molar-refractivity contribution in [3.05, 3.63) is 91.0 Å². The summed E-state index contributed by atoms with van der Waals surface area (Å²) in [5.41, 5.74) is 7.02. The van der Waals surface area contributed by atoms with Crippen LogP contribution in [0.2, 0.25) is 0 Å². The molecule has 0 atom stereocenters. The Balaban J connectivity index is 1.25. The molecule has 6 aromatic carbocycles. The molecular weight excluding hydrogens is 797 g/mol. The molecule has 22 heteroatoms. The summed E-state index contributed by atoms with van der Waals surface area (Å²) in [6, 6.07) is 23.1. The van der Waals surface area contributed by atoms with Crippen LogP contribution in [0.25, 0.3) is 21.5 Å². The number of nitrogens with zero attached hydrogens (tertiary/aromatic N) is 4. The second-order valence-corrected chi connectivity index (χ2v) is 14.1. The molecule has 290 valence electrons. The van der Waals surface area contributed by atoms with E-state index >= 15 is 0 Å². The van der Waals surface area contributed by atoms with Crippen LogP contribution in [0.15, 0.2) is 126 Å². The number of rotatable bonds is 16. The first-order valence-electron chi connectivity index (χ1n) is 15.6. The van der Waals surface area contributed by atoms with Gasteiger partial charge in [-0.1, -0.05) is 16.1 Å². The Morgan fingerprint density at radius 3 is 2.25 bits per heavy atom. The molecule has 0 saturated heterocycles. The van der Waals surface area contributed by atoms with Crippen molar-refractivity contribution >= 4 is 89.9 Å². The lowest BCUT2D eigenvalue weighted by molar-refractivity contribution is -0.432. The van der Waals surface area contributed by atoms with Gasteiger partial charge in [-0.2, -0.15) is 13.5 Å². The molecule has 0 spiro atoms. The van der Waals surface area contributed by atoms with Crippen molar-refractivity contribution in [2.24, 2.45) is 20.5 Å². The molecule has 0 fully saturated rings. The summed E-state index contributed by atoms with van der Waals surface area (Å²) in [5, 5.41) is 67.8. The van der Waals surface area contributed by atoms with E-state index < -0.39 is 20.8 Å². The van der Waals surface area contributed by atoms with Crippen molar-refractivity contribution in [3.63, 3.8) is 0 Å². The van der Waals surface area contributed by atoms with Gasteiger partial charge in [0.1, 0.15) is 39.2 Å². The Kier molecular flexibility index (Phi) is 12.7. The third-order valence-electron chi connectivity index (χ3n) is 7.72. The van der Waals surface area contributed by atoms with E-state index in [1.165, 1.54) is 43.5 Å². The van der Waals surface area contributed by atoms with Crippen molar-refractivity contribution in [1.29, 1.82) is 0 Å². The highest BCUT2D eigenvalue weighted by molar-refractivity contribution is 7.95. The van der Waals surface area contributed by atoms with Crippen LogP contribution in [0.4, 0.5) is 34.1 Å². The molecule has 0 aliphatic carbocycles. The number of phenols is 2. The molecule has 0 aromatic heterocycles. The van der Waals surface area contributed by atoms with Crippen molar-refractivity contribution < 1.29 is 61.9 Å². The first kappa shape index (κ1) is 39.9. The lowest BCUT2D eigenvalue weighted by Gasteiger charge is -2.12. The second kappa shape index (κ2) is 17.8. The number of anilines is 2. The number of benzene rings is 6. The third kappa shape index (κ3) is 9.53.